The topological polar surface area (TPSA) is 67.4 Å². The minimum atomic E-state index is -0.442. The highest BCUT2D eigenvalue weighted by Crippen LogP contribution is 2.24. The molecule has 0 atom stereocenters. The average molecular weight is 432 g/mol. The monoisotopic (exact) mass is 431 g/mol. The molecule has 0 spiro atoms. The van der Waals surface area contributed by atoms with Gasteiger partial charge >= 0.3 is 5.63 Å². The van der Waals surface area contributed by atoms with E-state index in [2.05, 4.69) is 59.9 Å². The third kappa shape index (κ3) is 4.10. The number of anilines is 2. The molecule has 32 heavy (non-hydrogen) atoms. The Morgan fingerprint density at radius 3 is 2.12 bits per heavy atom. The summed E-state index contributed by atoms with van der Waals surface area (Å²) in [4.78, 5) is 17.2. The van der Waals surface area contributed by atoms with E-state index in [1.54, 1.807) is 12.3 Å². The van der Waals surface area contributed by atoms with Crippen LogP contribution in [0.1, 0.15) is 27.7 Å². The maximum absolute atomic E-state index is 12.7. The first-order valence-corrected chi connectivity index (χ1v) is 11.2. The van der Waals surface area contributed by atoms with Gasteiger partial charge in [-0.1, -0.05) is 17.3 Å². The molecule has 0 saturated heterocycles. The summed E-state index contributed by atoms with van der Waals surface area (Å²) in [5, 5.41) is 9.29. The van der Waals surface area contributed by atoms with Gasteiger partial charge in [-0.2, -0.15) is 0 Å². The highest BCUT2D eigenvalue weighted by Gasteiger charge is 2.13. The Labute approximate surface area is 187 Å². The van der Waals surface area contributed by atoms with Crippen LogP contribution in [0.3, 0.4) is 0 Å². The number of hydrogen-bond donors (Lipinski definition) is 0. The predicted molar refractivity (Wildman–Crippen MR) is 130 cm³/mol. The Hall–Kier alpha value is -3.61. The maximum atomic E-state index is 12.7. The molecule has 0 saturated carbocycles. The van der Waals surface area contributed by atoms with Gasteiger partial charge in [-0.25, -0.2) is 9.48 Å². The van der Waals surface area contributed by atoms with Crippen molar-refractivity contribution < 1.29 is 4.42 Å². The first kappa shape index (κ1) is 21.6. The van der Waals surface area contributed by atoms with Gasteiger partial charge in [-0.3, -0.25) is 0 Å². The fourth-order valence-electron chi connectivity index (χ4n) is 3.98. The number of nitrogens with zero attached hydrogens (tertiary/aromatic N) is 5. The quantitative estimate of drug-likeness (QED) is 0.376. The van der Waals surface area contributed by atoms with Crippen molar-refractivity contribution in [3.05, 3.63) is 65.1 Å². The van der Waals surface area contributed by atoms with Gasteiger partial charge in [0.1, 0.15) is 11.3 Å². The molecule has 0 N–H and O–H groups in total. The lowest BCUT2D eigenvalue weighted by Gasteiger charge is -2.21. The van der Waals surface area contributed by atoms with Gasteiger partial charge < -0.3 is 14.2 Å². The molecule has 0 aliphatic rings. The number of aromatic nitrogens is 3. The lowest BCUT2D eigenvalue weighted by Crippen LogP contribution is -2.21. The SMILES string of the molecule is CCN(CC)c1ccc(-c2cn(-c3cc4ccc(N(CC)CC)cc4oc3=O)nn2)cc1. The van der Waals surface area contributed by atoms with E-state index in [0.717, 1.165) is 42.8 Å². The van der Waals surface area contributed by atoms with Gasteiger partial charge in [0.05, 0.1) is 6.20 Å². The fourth-order valence-corrected chi connectivity index (χ4v) is 3.98. The van der Waals surface area contributed by atoms with E-state index >= 15 is 0 Å². The van der Waals surface area contributed by atoms with Crippen molar-refractivity contribution in [3.63, 3.8) is 0 Å². The summed E-state index contributed by atoms with van der Waals surface area (Å²) in [6.07, 6.45) is 1.76. The lowest BCUT2D eigenvalue weighted by molar-refractivity contribution is 0.550. The largest absolute Gasteiger partial charge is 0.421 e. The van der Waals surface area contributed by atoms with E-state index in [4.69, 9.17) is 4.42 Å². The van der Waals surface area contributed by atoms with Gasteiger partial charge in [-0.05, 0) is 58.0 Å². The summed E-state index contributed by atoms with van der Waals surface area (Å²) < 4.78 is 7.12. The van der Waals surface area contributed by atoms with Crippen molar-refractivity contribution in [2.24, 2.45) is 0 Å². The normalized spacial score (nSPS) is 11.1. The van der Waals surface area contributed by atoms with Crippen LogP contribution in [0.25, 0.3) is 27.9 Å². The van der Waals surface area contributed by atoms with Crippen LogP contribution in [-0.2, 0) is 0 Å². The van der Waals surface area contributed by atoms with E-state index < -0.39 is 5.63 Å². The Kier molecular flexibility index (Phi) is 6.25. The van der Waals surface area contributed by atoms with Crippen LogP contribution in [0.5, 0.6) is 0 Å². The second-order valence-corrected chi connectivity index (χ2v) is 7.58. The molecule has 7 heteroatoms. The van der Waals surface area contributed by atoms with Crippen molar-refractivity contribution in [3.8, 4) is 16.9 Å². The summed E-state index contributed by atoms with van der Waals surface area (Å²) >= 11 is 0. The molecule has 4 aromatic rings. The average Bonchev–Trinajstić information content (AvgIpc) is 3.30. The summed E-state index contributed by atoms with van der Waals surface area (Å²) in [6.45, 7) is 12.2. The van der Waals surface area contributed by atoms with Crippen LogP contribution in [-0.4, -0.2) is 41.2 Å². The van der Waals surface area contributed by atoms with Crippen LogP contribution >= 0.6 is 0 Å². The van der Waals surface area contributed by atoms with Crippen molar-refractivity contribution in [1.82, 2.24) is 15.0 Å². The second kappa shape index (κ2) is 9.26. The highest BCUT2D eigenvalue weighted by atomic mass is 16.4. The molecule has 2 aromatic heterocycles. The zero-order chi connectivity index (χ0) is 22.7. The molecule has 0 aliphatic carbocycles. The molecule has 4 rings (SSSR count). The second-order valence-electron chi connectivity index (χ2n) is 7.58. The summed E-state index contributed by atoms with van der Waals surface area (Å²) in [5.74, 6) is 0. The van der Waals surface area contributed by atoms with Crippen LogP contribution in [0.4, 0.5) is 11.4 Å². The first-order valence-electron chi connectivity index (χ1n) is 11.2. The summed E-state index contributed by atoms with van der Waals surface area (Å²) in [7, 11) is 0. The van der Waals surface area contributed by atoms with Gasteiger partial charge in [-0.15, -0.1) is 5.10 Å². The lowest BCUT2D eigenvalue weighted by atomic mass is 10.1. The fraction of sp³-hybridized carbons (Fsp3) is 0.320. The molecule has 0 amide bonds. The number of benzene rings is 2. The number of rotatable bonds is 8. The molecular weight excluding hydrogens is 402 g/mol. The van der Waals surface area contributed by atoms with Crippen molar-refractivity contribution in [2.45, 2.75) is 27.7 Å². The van der Waals surface area contributed by atoms with Crippen LogP contribution in [0, 0.1) is 0 Å². The number of hydrogen-bond acceptors (Lipinski definition) is 6. The molecule has 7 nitrogen and oxygen atoms in total. The van der Waals surface area contributed by atoms with E-state index in [1.807, 2.05) is 30.3 Å². The number of fused-ring (bicyclic) bond motifs is 1. The standard InChI is InChI=1S/C25H29N5O2/c1-5-28(6-2)20-12-9-18(10-13-20)22-17-30(27-26-22)23-15-19-11-14-21(29(7-3)8-4)16-24(19)32-25(23)31/h9-17H,5-8H2,1-4H3. The van der Waals surface area contributed by atoms with E-state index in [-0.39, 0.29) is 0 Å². The molecule has 0 aliphatic heterocycles. The minimum absolute atomic E-state index is 0.339. The smallest absolute Gasteiger partial charge is 0.362 e. The van der Waals surface area contributed by atoms with Gasteiger partial charge in [0.2, 0.25) is 0 Å². The molecule has 2 aromatic carbocycles. The summed E-state index contributed by atoms with van der Waals surface area (Å²) in [5.41, 5.74) is 4.32. The van der Waals surface area contributed by atoms with Crippen molar-refractivity contribution in [2.75, 3.05) is 36.0 Å². The Balaban J connectivity index is 1.65. The predicted octanol–water partition coefficient (Wildman–Crippen LogP) is 4.73. The minimum Gasteiger partial charge on any atom is -0.421 e. The molecular formula is C25H29N5O2. The third-order valence-corrected chi connectivity index (χ3v) is 5.86. The third-order valence-electron chi connectivity index (χ3n) is 5.86. The zero-order valence-corrected chi connectivity index (χ0v) is 19.1. The Morgan fingerprint density at radius 1 is 0.844 bits per heavy atom. The van der Waals surface area contributed by atoms with Gasteiger partial charge in [0, 0.05) is 54.6 Å². The molecule has 0 fully saturated rings. The van der Waals surface area contributed by atoms with Gasteiger partial charge in [0.25, 0.3) is 0 Å². The van der Waals surface area contributed by atoms with E-state index in [0.29, 0.717) is 17.0 Å². The summed E-state index contributed by atoms with van der Waals surface area (Å²) in [6, 6.07) is 16.0. The molecule has 166 valence electrons. The van der Waals surface area contributed by atoms with Crippen LogP contribution in [0.2, 0.25) is 0 Å². The van der Waals surface area contributed by atoms with Crippen LogP contribution in [0.15, 0.2) is 63.9 Å². The van der Waals surface area contributed by atoms with Gasteiger partial charge in [0.15, 0.2) is 5.69 Å². The Bertz CT molecular complexity index is 1250. The molecule has 0 bridgehead atoms. The van der Waals surface area contributed by atoms with E-state index in [9.17, 15) is 4.79 Å². The van der Waals surface area contributed by atoms with Crippen LogP contribution < -0.4 is 15.4 Å². The van der Waals surface area contributed by atoms with Crippen molar-refractivity contribution in [1.29, 1.82) is 0 Å². The molecule has 0 radical (unpaired) electrons. The molecule has 0 unspecified atom stereocenters. The molecule has 2 heterocycles. The van der Waals surface area contributed by atoms with Crippen molar-refractivity contribution >= 4 is 22.3 Å². The zero-order valence-electron chi connectivity index (χ0n) is 19.1. The highest BCUT2D eigenvalue weighted by molar-refractivity contribution is 5.82. The van der Waals surface area contributed by atoms with E-state index in [1.165, 1.54) is 10.4 Å². The first-order chi connectivity index (χ1) is 15.6. The maximum Gasteiger partial charge on any atom is 0.362 e. The Morgan fingerprint density at radius 2 is 1.47 bits per heavy atom.